The summed E-state index contributed by atoms with van der Waals surface area (Å²) in [6, 6.07) is 4.53. The van der Waals surface area contributed by atoms with Crippen molar-refractivity contribution in [1.29, 1.82) is 0 Å². The van der Waals surface area contributed by atoms with Gasteiger partial charge < -0.3 is 5.32 Å². The number of carbonyl (C=O) groups excluding carboxylic acids is 2. The Morgan fingerprint density at radius 2 is 1.78 bits per heavy atom. The topological polar surface area (TPSA) is 91.3 Å². The van der Waals surface area contributed by atoms with E-state index in [1.807, 2.05) is 12.4 Å². The van der Waals surface area contributed by atoms with E-state index in [1.165, 1.54) is 36.8 Å². The average Bonchev–Trinajstić information content (AvgIpc) is 3.26. The van der Waals surface area contributed by atoms with Crippen molar-refractivity contribution in [3.8, 4) is 0 Å². The molecule has 0 saturated heterocycles. The number of hydroxylamine groups is 1. The Balaban J connectivity index is 1.18. The van der Waals surface area contributed by atoms with Gasteiger partial charge in [-0.15, -0.1) is 0 Å². The summed E-state index contributed by atoms with van der Waals surface area (Å²) < 4.78 is 0. The summed E-state index contributed by atoms with van der Waals surface area (Å²) >= 11 is 0. The Morgan fingerprint density at radius 3 is 2.54 bits per heavy atom. The number of nitrogens with zero attached hydrogens (tertiary/aromatic N) is 1. The molecule has 3 N–H and O–H groups in total. The molecule has 2 fully saturated rings. The average molecular weight is 506 g/mol. The predicted octanol–water partition coefficient (Wildman–Crippen LogP) is 5.98. The molecule has 3 unspecified atom stereocenters. The van der Waals surface area contributed by atoms with E-state index >= 15 is 0 Å². The van der Waals surface area contributed by atoms with E-state index in [0.29, 0.717) is 25.2 Å². The van der Waals surface area contributed by atoms with E-state index in [1.54, 1.807) is 11.1 Å². The molecule has 0 radical (unpaired) electrons. The smallest absolute Gasteiger partial charge is 0.243 e. The number of fused-ring (bicyclic) bond motifs is 5. The highest BCUT2D eigenvalue weighted by molar-refractivity contribution is 5.76. The summed E-state index contributed by atoms with van der Waals surface area (Å²) in [6.45, 7) is 5.03. The van der Waals surface area contributed by atoms with Crippen LogP contribution in [0.4, 0.5) is 0 Å². The fourth-order valence-electron chi connectivity index (χ4n) is 8.42. The van der Waals surface area contributed by atoms with Crippen LogP contribution in [0.3, 0.4) is 0 Å². The van der Waals surface area contributed by atoms with Gasteiger partial charge in [0.15, 0.2) is 0 Å². The van der Waals surface area contributed by atoms with Crippen LogP contribution in [-0.4, -0.2) is 28.0 Å². The lowest BCUT2D eigenvalue weighted by molar-refractivity contribution is -0.129. The van der Waals surface area contributed by atoms with Gasteiger partial charge in [-0.2, -0.15) is 0 Å². The largest absolute Gasteiger partial charge is 0.353 e. The van der Waals surface area contributed by atoms with Gasteiger partial charge in [0.05, 0.1) is 0 Å². The minimum absolute atomic E-state index is 0.128. The lowest BCUT2D eigenvalue weighted by atomic mass is 9.47. The maximum Gasteiger partial charge on any atom is 0.243 e. The zero-order chi connectivity index (χ0) is 26.0. The first-order chi connectivity index (χ1) is 17.8. The van der Waals surface area contributed by atoms with Gasteiger partial charge >= 0.3 is 0 Å². The van der Waals surface area contributed by atoms with E-state index < -0.39 is 0 Å². The fourth-order valence-corrected chi connectivity index (χ4v) is 8.42. The number of hydrogen-bond donors (Lipinski definition) is 3. The summed E-state index contributed by atoms with van der Waals surface area (Å²) in [5, 5.41) is 11.9. The number of carbonyl (C=O) groups is 2. The second-order valence-electron chi connectivity index (χ2n) is 12.4. The maximum atomic E-state index is 12.6. The van der Waals surface area contributed by atoms with Crippen molar-refractivity contribution in [3.63, 3.8) is 0 Å². The second-order valence-corrected chi connectivity index (χ2v) is 12.4. The quantitative estimate of drug-likeness (QED) is 0.175. The maximum absolute atomic E-state index is 12.6. The zero-order valence-corrected chi connectivity index (χ0v) is 22.5. The Morgan fingerprint density at radius 1 is 1.00 bits per heavy atom. The lowest BCUT2D eigenvalue weighted by Crippen LogP contribution is -2.51. The number of pyridine rings is 1. The molecule has 2 amide bonds. The SMILES string of the molecule is C[C@]12CC[C@@H](NC(=O)CCCCCC(=O)NO)CC1=CCC1C2CC[C@]2(C)C(c3cccnc3)=CCC12. The van der Waals surface area contributed by atoms with Crippen LogP contribution in [0.15, 0.2) is 42.3 Å². The standard InChI is InChI=1S/C31H43N3O3/c1-30-16-14-23(33-28(35)8-4-3-5-9-29(36)34-37)19-22(30)10-11-24-26-13-12-25(21-7-6-18-32-20-21)31(26,2)17-15-27(24)30/h6-7,10,12,18,20,23-24,26-27,37H,3-5,8-9,11,13-17,19H2,1-2H3,(H,33,35)(H,34,36)/t23-,24?,26?,27?,30+,31-/m1/s1. The molecule has 6 heteroatoms. The van der Waals surface area contributed by atoms with Crippen LogP contribution < -0.4 is 10.8 Å². The molecule has 0 aliphatic heterocycles. The summed E-state index contributed by atoms with van der Waals surface area (Å²) in [6.07, 6.45) is 20.2. The third-order valence-electron chi connectivity index (χ3n) is 10.5. The molecule has 1 aromatic rings. The zero-order valence-electron chi connectivity index (χ0n) is 22.5. The molecule has 37 heavy (non-hydrogen) atoms. The first-order valence-corrected chi connectivity index (χ1v) is 14.4. The van der Waals surface area contributed by atoms with E-state index in [4.69, 9.17) is 5.21 Å². The minimum atomic E-state index is -0.363. The van der Waals surface area contributed by atoms with Crippen molar-refractivity contribution in [2.75, 3.05) is 0 Å². The first-order valence-electron chi connectivity index (χ1n) is 14.4. The van der Waals surface area contributed by atoms with E-state index in [-0.39, 0.29) is 28.7 Å². The number of rotatable bonds is 8. The van der Waals surface area contributed by atoms with Gasteiger partial charge in [0.1, 0.15) is 0 Å². The summed E-state index contributed by atoms with van der Waals surface area (Å²) in [7, 11) is 0. The highest BCUT2D eigenvalue weighted by Crippen LogP contribution is 2.66. The van der Waals surface area contributed by atoms with Crippen LogP contribution >= 0.6 is 0 Å². The van der Waals surface area contributed by atoms with Crippen molar-refractivity contribution >= 4 is 17.4 Å². The van der Waals surface area contributed by atoms with Gasteiger partial charge in [-0.05, 0) is 104 Å². The summed E-state index contributed by atoms with van der Waals surface area (Å²) in [5.74, 6) is 1.94. The van der Waals surface area contributed by atoms with Gasteiger partial charge in [-0.1, -0.05) is 44.1 Å². The fraction of sp³-hybridized carbons (Fsp3) is 0.645. The monoisotopic (exact) mass is 505 g/mol. The number of hydrogen-bond acceptors (Lipinski definition) is 4. The van der Waals surface area contributed by atoms with Gasteiger partial charge in [-0.3, -0.25) is 19.8 Å². The van der Waals surface area contributed by atoms with Gasteiger partial charge in [-0.25, -0.2) is 5.48 Å². The lowest BCUT2D eigenvalue weighted by Gasteiger charge is -2.58. The molecule has 4 aliphatic carbocycles. The highest BCUT2D eigenvalue weighted by Gasteiger charge is 2.56. The van der Waals surface area contributed by atoms with Gasteiger partial charge in [0.2, 0.25) is 11.8 Å². The number of allylic oxidation sites excluding steroid dienone is 3. The Kier molecular flexibility index (Phi) is 7.58. The Labute approximate surface area is 221 Å². The molecular formula is C31H43N3O3. The Hall–Kier alpha value is -2.47. The second kappa shape index (κ2) is 10.7. The molecule has 200 valence electrons. The molecule has 5 rings (SSSR count). The molecule has 0 bridgehead atoms. The van der Waals surface area contributed by atoms with Crippen LogP contribution in [0.5, 0.6) is 0 Å². The van der Waals surface area contributed by atoms with Crippen LogP contribution in [0.25, 0.3) is 5.57 Å². The van der Waals surface area contributed by atoms with Crippen LogP contribution in [0.1, 0.15) is 96.5 Å². The van der Waals surface area contributed by atoms with Gasteiger partial charge in [0.25, 0.3) is 0 Å². The van der Waals surface area contributed by atoms with E-state index in [0.717, 1.165) is 43.9 Å². The molecule has 6 nitrogen and oxygen atoms in total. The van der Waals surface area contributed by atoms with E-state index in [9.17, 15) is 9.59 Å². The van der Waals surface area contributed by atoms with Crippen LogP contribution in [0.2, 0.25) is 0 Å². The highest BCUT2D eigenvalue weighted by atomic mass is 16.5. The third-order valence-corrected chi connectivity index (χ3v) is 10.5. The van der Waals surface area contributed by atoms with E-state index in [2.05, 4.69) is 48.4 Å². The van der Waals surface area contributed by atoms with Crippen molar-refractivity contribution in [1.82, 2.24) is 15.8 Å². The Bertz CT molecular complexity index is 1070. The molecule has 6 atom stereocenters. The minimum Gasteiger partial charge on any atom is -0.353 e. The number of amides is 2. The van der Waals surface area contributed by atoms with Crippen LogP contribution in [0, 0.1) is 28.6 Å². The van der Waals surface area contributed by atoms with Crippen molar-refractivity contribution < 1.29 is 14.8 Å². The molecule has 1 aromatic heterocycles. The third kappa shape index (κ3) is 5.01. The molecule has 1 heterocycles. The number of aromatic nitrogens is 1. The predicted molar refractivity (Wildman–Crippen MR) is 144 cm³/mol. The number of nitrogens with one attached hydrogen (secondary N) is 2. The molecular weight excluding hydrogens is 462 g/mol. The normalized spacial score (nSPS) is 34.4. The van der Waals surface area contributed by atoms with Crippen molar-refractivity contribution in [2.24, 2.45) is 28.6 Å². The van der Waals surface area contributed by atoms with Crippen molar-refractivity contribution in [3.05, 3.63) is 47.8 Å². The molecule has 0 aromatic carbocycles. The van der Waals surface area contributed by atoms with Crippen molar-refractivity contribution in [2.45, 2.75) is 96.9 Å². The number of unbranched alkanes of at least 4 members (excludes halogenated alkanes) is 2. The van der Waals surface area contributed by atoms with Crippen LogP contribution in [-0.2, 0) is 9.59 Å². The molecule has 0 spiro atoms. The summed E-state index contributed by atoms with van der Waals surface area (Å²) in [4.78, 5) is 28.1. The first kappa shape index (κ1) is 26.1. The summed E-state index contributed by atoms with van der Waals surface area (Å²) in [5.41, 5.74) is 6.57. The molecule has 4 aliphatic rings. The molecule has 2 saturated carbocycles. The van der Waals surface area contributed by atoms with Gasteiger partial charge in [0, 0.05) is 31.3 Å².